The summed E-state index contributed by atoms with van der Waals surface area (Å²) in [5.74, 6) is 0.743. The Bertz CT molecular complexity index is 1120. The van der Waals surface area contributed by atoms with E-state index in [0.29, 0.717) is 11.1 Å². The fourth-order valence-electron chi connectivity index (χ4n) is 3.60. The first kappa shape index (κ1) is 19.2. The van der Waals surface area contributed by atoms with Crippen molar-refractivity contribution in [3.05, 3.63) is 50.1 Å². The molecule has 0 fully saturated rings. The molecular formula is C21H23N3O2S2. The predicted octanol–water partition coefficient (Wildman–Crippen LogP) is 4.46. The van der Waals surface area contributed by atoms with Gasteiger partial charge in [-0.15, -0.1) is 11.3 Å². The molecule has 1 amide bonds. The molecule has 146 valence electrons. The highest BCUT2D eigenvalue weighted by Crippen LogP contribution is 2.36. The average molecular weight is 414 g/mol. The maximum Gasteiger partial charge on any atom is 0.260 e. The molecule has 0 unspecified atom stereocenters. The number of thiophene rings is 1. The Hall–Kier alpha value is -2.12. The SMILES string of the molecule is Cc1cccc(NC(=O)CSc2nc3sc4c(c3c(=O)[nH]2)CC[C@@H](C)C4)c1C. The Kier molecular flexibility index (Phi) is 5.29. The molecule has 5 nitrogen and oxygen atoms in total. The van der Waals surface area contributed by atoms with Crippen molar-refractivity contribution in [2.45, 2.75) is 45.2 Å². The van der Waals surface area contributed by atoms with Gasteiger partial charge in [0.05, 0.1) is 11.1 Å². The second-order valence-electron chi connectivity index (χ2n) is 7.49. The highest BCUT2D eigenvalue weighted by molar-refractivity contribution is 7.99. The van der Waals surface area contributed by atoms with Gasteiger partial charge in [-0.2, -0.15) is 0 Å². The van der Waals surface area contributed by atoms with Gasteiger partial charge in [0.1, 0.15) is 4.83 Å². The number of hydrogen-bond donors (Lipinski definition) is 2. The maximum atomic E-state index is 12.6. The Morgan fingerprint density at radius 2 is 2.21 bits per heavy atom. The third-order valence-electron chi connectivity index (χ3n) is 5.36. The molecule has 0 saturated heterocycles. The molecule has 0 saturated carbocycles. The number of aromatic nitrogens is 2. The highest BCUT2D eigenvalue weighted by atomic mass is 32.2. The van der Waals surface area contributed by atoms with Gasteiger partial charge in [0, 0.05) is 10.6 Å². The molecule has 1 aliphatic carbocycles. The lowest BCUT2D eigenvalue weighted by Crippen LogP contribution is -2.16. The molecule has 2 heterocycles. The minimum Gasteiger partial charge on any atom is -0.325 e. The van der Waals surface area contributed by atoms with E-state index in [4.69, 9.17) is 0 Å². The number of fused-ring (bicyclic) bond motifs is 3. The summed E-state index contributed by atoms with van der Waals surface area (Å²) >= 11 is 2.89. The van der Waals surface area contributed by atoms with Gasteiger partial charge in [-0.05, 0) is 61.8 Å². The summed E-state index contributed by atoms with van der Waals surface area (Å²) in [6.45, 7) is 6.26. The number of carbonyl (C=O) groups excluding carboxylic acids is 1. The Balaban J connectivity index is 1.50. The minimum absolute atomic E-state index is 0.0884. The molecule has 2 aromatic heterocycles. The van der Waals surface area contributed by atoms with Gasteiger partial charge in [0.25, 0.3) is 5.56 Å². The number of rotatable bonds is 4. The lowest BCUT2D eigenvalue weighted by atomic mass is 9.89. The van der Waals surface area contributed by atoms with Crippen molar-refractivity contribution >= 4 is 44.9 Å². The van der Waals surface area contributed by atoms with Crippen LogP contribution in [0.2, 0.25) is 0 Å². The number of aromatic amines is 1. The number of anilines is 1. The van der Waals surface area contributed by atoms with Crippen LogP contribution in [0.3, 0.4) is 0 Å². The predicted molar refractivity (Wildman–Crippen MR) is 117 cm³/mol. The zero-order chi connectivity index (χ0) is 19.8. The first-order valence-corrected chi connectivity index (χ1v) is 11.3. The van der Waals surface area contributed by atoms with E-state index in [1.54, 1.807) is 11.3 Å². The van der Waals surface area contributed by atoms with Crippen LogP contribution >= 0.6 is 23.1 Å². The third kappa shape index (κ3) is 3.73. The fourth-order valence-corrected chi connectivity index (χ4v) is 5.71. The molecule has 2 N–H and O–H groups in total. The molecule has 0 spiro atoms. The topological polar surface area (TPSA) is 74.8 Å². The van der Waals surface area contributed by atoms with E-state index in [-0.39, 0.29) is 17.2 Å². The maximum absolute atomic E-state index is 12.6. The van der Waals surface area contributed by atoms with Crippen molar-refractivity contribution in [1.29, 1.82) is 0 Å². The smallest absolute Gasteiger partial charge is 0.260 e. The van der Waals surface area contributed by atoms with Crippen molar-refractivity contribution in [3.8, 4) is 0 Å². The van der Waals surface area contributed by atoms with Crippen molar-refractivity contribution in [3.63, 3.8) is 0 Å². The largest absolute Gasteiger partial charge is 0.325 e. The molecule has 0 bridgehead atoms. The van der Waals surface area contributed by atoms with Gasteiger partial charge < -0.3 is 10.3 Å². The second-order valence-corrected chi connectivity index (χ2v) is 9.53. The van der Waals surface area contributed by atoms with Crippen molar-refractivity contribution < 1.29 is 4.79 Å². The summed E-state index contributed by atoms with van der Waals surface area (Å²) in [6.07, 6.45) is 3.09. The van der Waals surface area contributed by atoms with E-state index in [0.717, 1.165) is 46.3 Å². The van der Waals surface area contributed by atoms with Crippen LogP contribution in [0.5, 0.6) is 0 Å². The number of nitrogens with zero attached hydrogens (tertiary/aromatic N) is 1. The number of amides is 1. The van der Waals surface area contributed by atoms with Gasteiger partial charge in [-0.3, -0.25) is 9.59 Å². The molecule has 3 aromatic rings. The summed E-state index contributed by atoms with van der Waals surface area (Å²) in [4.78, 5) is 34.5. The molecule has 28 heavy (non-hydrogen) atoms. The third-order valence-corrected chi connectivity index (χ3v) is 7.38. The van der Waals surface area contributed by atoms with Crippen LogP contribution in [0.4, 0.5) is 5.69 Å². The molecule has 0 radical (unpaired) electrons. The Morgan fingerprint density at radius 3 is 3.04 bits per heavy atom. The number of nitrogens with one attached hydrogen (secondary N) is 2. The standard InChI is InChI=1S/C21H23N3O2S2/c1-11-7-8-14-16(9-11)28-20-18(14)19(26)23-21(24-20)27-10-17(25)22-15-6-4-5-12(2)13(15)3/h4-6,11H,7-10H2,1-3H3,(H,22,25)(H,23,24,26)/t11-/m1/s1. The zero-order valence-corrected chi connectivity index (χ0v) is 17.9. The van der Waals surface area contributed by atoms with Crippen molar-refractivity contribution in [1.82, 2.24) is 9.97 Å². The molecular weight excluding hydrogens is 390 g/mol. The van der Waals surface area contributed by atoms with E-state index in [9.17, 15) is 9.59 Å². The Labute approximate surface area is 172 Å². The van der Waals surface area contributed by atoms with E-state index >= 15 is 0 Å². The van der Waals surface area contributed by atoms with Crippen LogP contribution in [-0.4, -0.2) is 21.6 Å². The van der Waals surface area contributed by atoms with E-state index in [1.165, 1.54) is 22.2 Å². The number of thioether (sulfide) groups is 1. The average Bonchev–Trinajstić information content (AvgIpc) is 3.01. The summed E-state index contributed by atoms with van der Waals surface area (Å²) in [5.41, 5.74) is 4.11. The van der Waals surface area contributed by atoms with E-state index < -0.39 is 0 Å². The van der Waals surface area contributed by atoms with Gasteiger partial charge in [-0.25, -0.2) is 4.98 Å². The number of carbonyl (C=O) groups is 1. The van der Waals surface area contributed by atoms with Crippen LogP contribution in [0.25, 0.3) is 10.2 Å². The number of hydrogen-bond acceptors (Lipinski definition) is 5. The summed E-state index contributed by atoms with van der Waals surface area (Å²) in [7, 11) is 0. The van der Waals surface area contributed by atoms with E-state index in [1.807, 2.05) is 32.0 Å². The van der Waals surface area contributed by atoms with Crippen LogP contribution in [-0.2, 0) is 17.6 Å². The Morgan fingerprint density at radius 1 is 1.39 bits per heavy atom. The summed E-state index contributed by atoms with van der Waals surface area (Å²) < 4.78 is 0. The van der Waals surface area contributed by atoms with Crippen molar-refractivity contribution in [2.75, 3.05) is 11.1 Å². The quantitative estimate of drug-likeness (QED) is 0.489. The number of aryl methyl sites for hydroxylation is 2. The van der Waals surface area contributed by atoms with Crippen LogP contribution in [0.1, 0.15) is 34.9 Å². The van der Waals surface area contributed by atoms with Crippen LogP contribution < -0.4 is 10.9 Å². The lowest BCUT2D eigenvalue weighted by molar-refractivity contribution is -0.113. The molecule has 1 aliphatic rings. The summed E-state index contributed by atoms with van der Waals surface area (Å²) in [5, 5.41) is 4.19. The minimum atomic E-state index is -0.110. The van der Waals surface area contributed by atoms with Gasteiger partial charge in [-0.1, -0.05) is 30.8 Å². The molecule has 1 aromatic carbocycles. The normalized spacial score (nSPS) is 16.2. The molecule has 0 aliphatic heterocycles. The van der Waals surface area contributed by atoms with Crippen LogP contribution in [0.15, 0.2) is 28.2 Å². The fraction of sp³-hybridized carbons (Fsp3) is 0.381. The second kappa shape index (κ2) is 7.72. The molecule has 7 heteroatoms. The van der Waals surface area contributed by atoms with Gasteiger partial charge in [0.2, 0.25) is 5.91 Å². The van der Waals surface area contributed by atoms with Crippen molar-refractivity contribution in [2.24, 2.45) is 5.92 Å². The lowest BCUT2D eigenvalue weighted by Gasteiger charge is -2.17. The monoisotopic (exact) mass is 413 g/mol. The van der Waals surface area contributed by atoms with Crippen LogP contribution in [0, 0.1) is 19.8 Å². The number of benzene rings is 1. The first-order chi connectivity index (χ1) is 13.4. The zero-order valence-electron chi connectivity index (χ0n) is 16.2. The van der Waals surface area contributed by atoms with Gasteiger partial charge >= 0.3 is 0 Å². The number of H-pyrrole nitrogens is 1. The van der Waals surface area contributed by atoms with Gasteiger partial charge in [0.15, 0.2) is 5.16 Å². The van der Waals surface area contributed by atoms with E-state index in [2.05, 4.69) is 22.2 Å². The molecule has 1 atom stereocenters. The highest BCUT2D eigenvalue weighted by Gasteiger charge is 2.23. The summed E-state index contributed by atoms with van der Waals surface area (Å²) in [6, 6.07) is 5.84. The first-order valence-electron chi connectivity index (χ1n) is 9.46. The molecule has 4 rings (SSSR count).